The fourth-order valence-corrected chi connectivity index (χ4v) is 4.01. The van der Waals surface area contributed by atoms with Gasteiger partial charge in [0.05, 0.1) is 10.9 Å². The van der Waals surface area contributed by atoms with Gasteiger partial charge in [-0.05, 0) is 35.9 Å². The molecule has 7 nitrogen and oxygen atoms in total. The number of nitrogens with zero attached hydrogens (tertiary/aromatic N) is 2. The van der Waals surface area contributed by atoms with Crippen LogP contribution in [0.1, 0.15) is 22.0 Å². The molecule has 142 valence electrons. The summed E-state index contributed by atoms with van der Waals surface area (Å²) in [6, 6.07) is 9.67. The van der Waals surface area contributed by atoms with Crippen molar-refractivity contribution in [1.82, 2.24) is 19.9 Å². The third kappa shape index (κ3) is 4.41. The first-order valence-electron chi connectivity index (χ1n) is 8.65. The first-order valence-corrected chi connectivity index (χ1v) is 10.1. The van der Waals surface area contributed by atoms with Crippen molar-refractivity contribution < 1.29 is 13.2 Å². The fourth-order valence-electron chi connectivity index (χ4n) is 3.01. The maximum Gasteiger partial charge on any atom is 0.254 e. The quantitative estimate of drug-likeness (QED) is 0.731. The van der Waals surface area contributed by atoms with Gasteiger partial charge in [-0.1, -0.05) is 12.1 Å². The number of carbonyl (C=O) groups excluding carboxylic acids is 1. The zero-order chi connectivity index (χ0) is 19.3. The van der Waals surface area contributed by atoms with Gasteiger partial charge in [0, 0.05) is 44.1 Å². The number of sulfonamides is 1. The number of benzene rings is 1. The molecule has 1 aromatic carbocycles. The molecule has 0 radical (unpaired) electrons. The van der Waals surface area contributed by atoms with E-state index in [9.17, 15) is 13.2 Å². The standard InChI is InChI=1S/C19H22N4O3S/c1-2-9-22-27(25,26)17-7-5-15(6-8-17)19(24)23-12-11-21-14-18(23)16-4-3-10-20-13-16/h2-8,10,13,18,21-22H,1,9,11-12,14H2. The number of nitrogens with one attached hydrogen (secondary N) is 2. The normalized spacial score (nSPS) is 17.5. The van der Waals surface area contributed by atoms with E-state index in [1.807, 2.05) is 12.1 Å². The molecular formula is C19H22N4O3S. The first-order chi connectivity index (χ1) is 13.0. The van der Waals surface area contributed by atoms with Crippen LogP contribution in [0.25, 0.3) is 0 Å². The lowest BCUT2D eigenvalue weighted by molar-refractivity contribution is 0.0634. The summed E-state index contributed by atoms with van der Waals surface area (Å²) < 4.78 is 26.7. The van der Waals surface area contributed by atoms with E-state index in [-0.39, 0.29) is 23.4 Å². The third-order valence-corrected chi connectivity index (χ3v) is 5.84. The van der Waals surface area contributed by atoms with Crippen LogP contribution >= 0.6 is 0 Å². The van der Waals surface area contributed by atoms with Crippen LogP contribution in [0.5, 0.6) is 0 Å². The summed E-state index contributed by atoms with van der Waals surface area (Å²) >= 11 is 0. The van der Waals surface area contributed by atoms with E-state index in [2.05, 4.69) is 21.6 Å². The SMILES string of the molecule is C=CCNS(=O)(=O)c1ccc(C(=O)N2CCNCC2c2cccnc2)cc1. The van der Waals surface area contributed by atoms with Gasteiger partial charge in [0.25, 0.3) is 5.91 Å². The Morgan fingerprint density at radius 2 is 2.11 bits per heavy atom. The molecular weight excluding hydrogens is 364 g/mol. The predicted octanol–water partition coefficient (Wildman–Crippen LogP) is 1.33. The number of amides is 1. The molecule has 2 N–H and O–H groups in total. The van der Waals surface area contributed by atoms with Crippen molar-refractivity contribution in [3.63, 3.8) is 0 Å². The molecule has 1 amide bonds. The summed E-state index contributed by atoms with van der Waals surface area (Å²) in [5, 5.41) is 3.30. The Hall–Kier alpha value is -2.55. The van der Waals surface area contributed by atoms with Crippen molar-refractivity contribution in [3.8, 4) is 0 Å². The number of rotatable bonds is 6. The molecule has 1 aromatic heterocycles. The highest BCUT2D eigenvalue weighted by Gasteiger charge is 2.29. The number of aromatic nitrogens is 1. The van der Waals surface area contributed by atoms with Gasteiger partial charge in [0.15, 0.2) is 0 Å². The lowest BCUT2D eigenvalue weighted by atomic mass is 10.0. The lowest BCUT2D eigenvalue weighted by Gasteiger charge is -2.36. The lowest BCUT2D eigenvalue weighted by Crippen LogP contribution is -2.48. The van der Waals surface area contributed by atoms with Gasteiger partial charge in [0.1, 0.15) is 0 Å². The molecule has 0 saturated carbocycles. The van der Waals surface area contributed by atoms with Gasteiger partial charge >= 0.3 is 0 Å². The molecule has 0 aliphatic carbocycles. The molecule has 2 heterocycles. The van der Waals surface area contributed by atoms with Gasteiger partial charge in [-0.15, -0.1) is 6.58 Å². The third-order valence-electron chi connectivity index (χ3n) is 4.40. The van der Waals surface area contributed by atoms with Crippen molar-refractivity contribution in [1.29, 1.82) is 0 Å². The average Bonchev–Trinajstić information content (AvgIpc) is 2.72. The maximum atomic E-state index is 13.0. The molecule has 1 atom stereocenters. The number of hydrogen-bond acceptors (Lipinski definition) is 5. The highest BCUT2D eigenvalue weighted by atomic mass is 32.2. The molecule has 27 heavy (non-hydrogen) atoms. The topological polar surface area (TPSA) is 91.4 Å². The van der Waals surface area contributed by atoms with Crippen molar-refractivity contribution in [2.45, 2.75) is 10.9 Å². The predicted molar refractivity (Wildman–Crippen MR) is 103 cm³/mol. The highest BCUT2D eigenvalue weighted by Crippen LogP contribution is 2.24. The van der Waals surface area contributed by atoms with Gasteiger partial charge in [-0.3, -0.25) is 9.78 Å². The number of carbonyl (C=O) groups is 1. The molecule has 8 heteroatoms. The summed E-state index contributed by atoms with van der Waals surface area (Å²) in [5.41, 5.74) is 1.42. The van der Waals surface area contributed by atoms with Crippen LogP contribution in [0.2, 0.25) is 0 Å². The van der Waals surface area contributed by atoms with E-state index in [0.29, 0.717) is 25.2 Å². The van der Waals surface area contributed by atoms with Crippen LogP contribution in [0.15, 0.2) is 66.3 Å². The van der Waals surface area contributed by atoms with Gasteiger partial charge in [0.2, 0.25) is 10.0 Å². The number of pyridine rings is 1. The minimum absolute atomic E-state index is 0.113. The van der Waals surface area contributed by atoms with E-state index >= 15 is 0 Å². The zero-order valence-electron chi connectivity index (χ0n) is 14.8. The van der Waals surface area contributed by atoms with E-state index in [0.717, 1.165) is 5.56 Å². The molecule has 0 spiro atoms. The Morgan fingerprint density at radius 3 is 2.78 bits per heavy atom. The second-order valence-electron chi connectivity index (χ2n) is 6.17. The number of piperazine rings is 1. The Bertz CT molecular complexity index is 898. The Labute approximate surface area is 159 Å². The van der Waals surface area contributed by atoms with Crippen molar-refractivity contribution in [2.24, 2.45) is 0 Å². The monoisotopic (exact) mass is 386 g/mol. The minimum Gasteiger partial charge on any atom is -0.329 e. The Kier molecular flexibility index (Phi) is 6.00. The summed E-state index contributed by atoms with van der Waals surface area (Å²) in [7, 11) is -3.61. The molecule has 1 unspecified atom stereocenters. The van der Waals surface area contributed by atoms with Gasteiger partial charge in [-0.2, -0.15) is 0 Å². The first kappa shape index (κ1) is 19.2. The summed E-state index contributed by atoms with van der Waals surface area (Å²) in [5.74, 6) is -0.131. The average molecular weight is 386 g/mol. The van der Waals surface area contributed by atoms with E-state index in [1.54, 1.807) is 29.4 Å². The van der Waals surface area contributed by atoms with E-state index in [4.69, 9.17) is 0 Å². The minimum atomic E-state index is -3.61. The molecule has 1 aliphatic heterocycles. The Balaban J connectivity index is 1.81. The largest absolute Gasteiger partial charge is 0.329 e. The van der Waals surface area contributed by atoms with Crippen molar-refractivity contribution in [3.05, 3.63) is 72.6 Å². The van der Waals surface area contributed by atoms with E-state index in [1.165, 1.54) is 18.2 Å². The summed E-state index contributed by atoms with van der Waals surface area (Å²) in [4.78, 5) is 19.1. The van der Waals surface area contributed by atoms with Crippen LogP contribution in [-0.4, -0.2) is 50.4 Å². The summed E-state index contributed by atoms with van der Waals surface area (Å²) in [6.45, 7) is 5.57. The van der Waals surface area contributed by atoms with Crippen molar-refractivity contribution >= 4 is 15.9 Å². The molecule has 1 fully saturated rings. The Morgan fingerprint density at radius 1 is 1.33 bits per heavy atom. The molecule has 0 bridgehead atoms. The second kappa shape index (κ2) is 8.43. The molecule has 1 saturated heterocycles. The zero-order valence-corrected chi connectivity index (χ0v) is 15.7. The highest BCUT2D eigenvalue weighted by molar-refractivity contribution is 7.89. The number of hydrogen-bond donors (Lipinski definition) is 2. The van der Waals surface area contributed by atoms with Crippen LogP contribution in [-0.2, 0) is 10.0 Å². The fraction of sp³-hybridized carbons (Fsp3) is 0.263. The van der Waals surface area contributed by atoms with Crippen LogP contribution in [0, 0.1) is 0 Å². The van der Waals surface area contributed by atoms with Crippen molar-refractivity contribution in [2.75, 3.05) is 26.2 Å². The van der Waals surface area contributed by atoms with Gasteiger partial charge in [-0.25, -0.2) is 13.1 Å². The van der Waals surface area contributed by atoms with Gasteiger partial charge < -0.3 is 10.2 Å². The molecule has 2 aromatic rings. The van der Waals surface area contributed by atoms with Crippen LogP contribution in [0.3, 0.4) is 0 Å². The molecule has 1 aliphatic rings. The van der Waals surface area contributed by atoms with Crippen LogP contribution < -0.4 is 10.0 Å². The van der Waals surface area contributed by atoms with E-state index < -0.39 is 10.0 Å². The second-order valence-corrected chi connectivity index (χ2v) is 7.94. The summed E-state index contributed by atoms with van der Waals surface area (Å²) in [6.07, 6.45) is 4.93. The smallest absolute Gasteiger partial charge is 0.254 e. The molecule has 3 rings (SSSR count). The maximum absolute atomic E-state index is 13.0. The van der Waals surface area contributed by atoms with Crippen LogP contribution in [0.4, 0.5) is 0 Å².